The van der Waals surface area contributed by atoms with Crippen LogP contribution in [0, 0.1) is 0 Å². The molecule has 0 unspecified atom stereocenters. The fourth-order valence-corrected chi connectivity index (χ4v) is 2.31. The van der Waals surface area contributed by atoms with Crippen LogP contribution in [0.3, 0.4) is 0 Å². The molecule has 1 aromatic heterocycles. The van der Waals surface area contributed by atoms with Crippen molar-refractivity contribution in [2.75, 3.05) is 18.7 Å². The van der Waals surface area contributed by atoms with E-state index in [1.807, 2.05) is 12.1 Å². The van der Waals surface area contributed by atoms with E-state index in [1.54, 1.807) is 30.5 Å². The number of anilines is 1. The maximum atomic E-state index is 12.2. The van der Waals surface area contributed by atoms with Gasteiger partial charge in [0, 0.05) is 24.9 Å². The van der Waals surface area contributed by atoms with Gasteiger partial charge in [0.25, 0.3) is 0 Å². The van der Waals surface area contributed by atoms with Crippen LogP contribution in [0.2, 0.25) is 0 Å². The lowest BCUT2D eigenvalue weighted by Crippen LogP contribution is -2.36. The van der Waals surface area contributed by atoms with Crippen LogP contribution in [0.1, 0.15) is 12.6 Å². The highest BCUT2D eigenvalue weighted by atomic mass is 16.7. The number of hydrogen-bond donors (Lipinski definition) is 1. The van der Waals surface area contributed by atoms with Crippen LogP contribution in [-0.2, 0) is 16.1 Å². The second-order valence-electron chi connectivity index (χ2n) is 5.31. The van der Waals surface area contributed by atoms with Crippen LogP contribution in [0.25, 0.3) is 0 Å². The normalized spacial score (nSPS) is 11.9. The Bertz CT molecular complexity index is 749. The SMILES string of the molecule is CC(=O)N(CC(=O)Nc1ccc2c(c1)OCO2)Cc1ccccn1. The fourth-order valence-electron chi connectivity index (χ4n) is 2.31. The number of amides is 2. The minimum atomic E-state index is -0.292. The maximum absolute atomic E-state index is 12.2. The van der Waals surface area contributed by atoms with Crippen molar-refractivity contribution >= 4 is 17.5 Å². The van der Waals surface area contributed by atoms with E-state index >= 15 is 0 Å². The Hall–Kier alpha value is -3.09. The van der Waals surface area contributed by atoms with Crippen molar-refractivity contribution in [1.29, 1.82) is 0 Å². The molecule has 2 aromatic rings. The lowest BCUT2D eigenvalue weighted by Gasteiger charge is -2.20. The summed E-state index contributed by atoms with van der Waals surface area (Å²) < 4.78 is 10.5. The van der Waals surface area contributed by atoms with Crippen molar-refractivity contribution in [3.05, 3.63) is 48.3 Å². The van der Waals surface area contributed by atoms with E-state index < -0.39 is 0 Å². The lowest BCUT2D eigenvalue weighted by atomic mass is 10.2. The van der Waals surface area contributed by atoms with Gasteiger partial charge in [0.1, 0.15) is 6.54 Å². The summed E-state index contributed by atoms with van der Waals surface area (Å²) in [5.74, 6) is 0.750. The first-order valence-electron chi connectivity index (χ1n) is 7.47. The lowest BCUT2D eigenvalue weighted by molar-refractivity contribution is -0.133. The molecule has 3 rings (SSSR count). The van der Waals surface area contributed by atoms with E-state index in [2.05, 4.69) is 10.3 Å². The molecule has 124 valence electrons. The molecular weight excluding hydrogens is 310 g/mol. The van der Waals surface area contributed by atoms with Crippen molar-refractivity contribution in [3.8, 4) is 11.5 Å². The van der Waals surface area contributed by atoms with Crippen molar-refractivity contribution in [1.82, 2.24) is 9.88 Å². The number of benzene rings is 1. The van der Waals surface area contributed by atoms with Crippen LogP contribution < -0.4 is 14.8 Å². The van der Waals surface area contributed by atoms with Crippen LogP contribution in [0.4, 0.5) is 5.69 Å². The van der Waals surface area contributed by atoms with E-state index in [4.69, 9.17) is 9.47 Å². The first-order valence-corrected chi connectivity index (χ1v) is 7.47. The molecule has 0 atom stereocenters. The number of fused-ring (bicyclic) bond motifs is 1. The Labute approximate surface area is 139 Å². The first-order chi connectivity index (χ1) is 11.6. The summed E-state index contributed by atoms with van der Waals surface area (Å²) >= 11 is 0. The van der Waals surface area contributed by atoms with E-state index in [0.717, 1.165) is 5.69 Å². The second kappa shape index (κ2) is 6.99. The summed E-state index contributed by atoms with van der Waals surface area (Å²) in [6, 6.07) is 10.6. The molecule has 24 heavy (non-hydrogen) atoms. The first kappa shape index (κ1) is 15.8. The van der Waals surface area contributed by atoms with Gasteiger partial charge in [-0.1, -0.05) is 6.07 Å². The van der Waals surface area contributed by atoms with Crippen LogP contribution in [0.5, 0.6) is 11.5 Å². The molecule has 1 N–H and O–H groups in total. The minimum Gasteiger partial charge on any atom is -0.454 e. The Kier molecular flexibility index (Phi) is 4.60. The standard InChI is InChI=1S/C17H17N3O4/c1-12(21)20(9-14-4-2-3-7-18-14)10-17(22)19-13-5-6-15-16(8-13)24-11-23-15/h2-8H,9-11H2,1H3,(H,19,22). The van der Waals surface area contributed by atoms with E-state index in [9.17, 15) is 9.59 Å². The molecule has 0 radical (unpaired) electrons. The molecule has 1 aliphatic rings. The molecule has 0 aliphatic carbocycles. The van der Waals surface area contributed by atoms with Crippen molar-refractivity contribution < 1.29 is 19.1 Å². The molecule has 1 aliphatic heterocycles. The minimum absolute atomic E-state index is 0.0552. The number of nitrogens with one attached hydrogen (secondary N) is 1. The average molecular weight is 327 g/mol. The highest BCUT2D eigenvalue weighted by molar-refractivity contribution is 5.94. The molecule has 0 saturated carbocycles. The van der Waals surface area contributed by atoms with E-state index in [0.29, 0.717) is 17.2 Å². The van der Waals surface area contributed by atoms with Crippen molar-refractivity contribution in [3.63, 3.8) is 0 Å². The fraction of sp³-hybridized carbons (Fsp3) is 0.235. The molecule has 0 saturated heterocycles. The number of carbonyl (C=O) groups excluding carboxylic acids is 2. The summed E-state index contributed by atoms with van der Waals surface area (Å²) in [7, 11) is 0. The van der Waals surface area contributed by atoms with Crippen LogP contribution in [-0.4, -0.2) is 35.0 Å². The highest BCUT2D eigenvalue weighted by Crippen LogP contribution is 2.34. The van der Waals surface area contributed by atoms with Gasteiger partial charge in [0.05, 0.1) is 12.2 Å². The summed E-state index contributed by atoms with van der Waals surface area (Å²) in [5, 5.41) is 2.75. The van der Waals surface area contributed by atoms with Gasteiger partial charge in [-0.25, -0.2) is 0 Å². The van der Waals surface area contributed by atoms with Gasteiger partial charge in [-0.05, 0) is 24.3 Å². The summed E-state index contributed by atoms with van der Waals surface area (Å²) in [6.07, 6.45) is 1.65. The van der Waals surface area contributed by atoms with Gasteiger partial charge in [-0.15, -0.1) is 0 Å². The number of aromatic nitrogens is 1. The number of rotatable bonds is 5. The Balaban J connectivity index is 1.62. The summed E-state index contributed by atoms with van der Waals surface area (Å²) in [4.78, 5) is 29.6. The van der Waals surface area contributed by atoms with E-state index in [1.165, 1.54) is 11.8 Å². The highest BCUT2D eigenvalue weighted by Gasteiger charge is 2.17. The molecule has 7 nitrogen and oxygen atoms in total. The second-order valence-corrected chi connectivity index (χ2v) is 5.31. The molecule has 2 heterocycles. The molecule has 7 heteroatoms. The number of pyridine rings is 1. The molecule has 2 amide bonds. The maximum Gasteiger partial charge on any atom is 0.244 e. The van der Waals surface area contributed by atoms with Crippen LogP contribution in [0.15, 0.2) is 42.6 Å². The molecule has 0 spiro atoms. The van der Waals surface area contributed by atoms with Gasteiger partial charge in [0.2, 0.25) is 18.6 Å². The zero-order chi connectivity index (χ0) is 16.9. The summed E-state index contributed by atoms with van der Waals surface area (Å²) in [5.41, 5.74) is 1.31. The van der Waals surface area contributed by atoms with Crippen molar-refractivity contribution in [2.24, 2.45) is 0 Å². The third-order valence-electron chi connectivity index (χ3n) is 3.52. The smallest absolute Gasteiger partial charge is 0.244 e. The quantitative estimate of drug-likeness (QED) is 0.905. The van der Waals surface area contributed by atoms with Gasteiger partial charge in [-0.2, -0.15) is 0 Å². The average Bonchev–Trinajstić information content (AvgIpc) is 3.02. The number of hydrogen-bond acceptors (Lipinski definition) is 5. The van der Waals surface area contributed by atoms with Gasteiger partial charge < -0.3 is 19.7 Å². The predicted molar refractivity (Wildman–Crippen MR) is 86.5 cm³/mol. The third kappa shape index (κ3) is 3.81. The Morgan fingerprint density at radius 1 is 1.21 bits per heavy atom. The Morgan fingerprint density at radius 2 is 2.04 bits per heavy atom. The number of nitrogens with zero attached hydrogens (tertiary/aromatic N) is 2. The van der Waals surface area contributed by atoms with Gasteiger partial charge in [0.15, 0.2) is 11.5 Å². The van der Waals surface area contributed by atoms with E-state index in [-0.39, 0.29) is 31.7 Å². The zero-order valence-corrected chi connectivity index (χ0v) is 13.2. The van der Waals surface area contributed by atoms with Crippen molar-refractivity contribution in [2.45, 2.75) is 13.5 Å². The zero-order valence-electron chi connectivity index (χ0n) is 13.2. The largest absolute Gasteiger partial charge is 0.454 e. The van der Waals surface area contributed by atoms with Gasteiger partial charge in [-0.3, -0.25) is 14.6 Å². The predicted octanol–water partition coefficient (Wildman–Crippen LogP) is 1.80. The number of ether oxygens (including phenoxy) is 2. The third-order valence-corrected chi connectivity index (χ3v) is 3.52. The monoisotopic (exact) mass is 327 g/mol. The summed E-state index contributed by atoms with van der Waals surface area (Å²) in [6.45, 7) is 1.83. The van der Waals surface area contributed by atoms with Crippen LogP contribution >= 0.6 is 0 Å². The topological polar surface area (TPSA) is 80.8 Å². The molecule has 1 aromatic carbocycles. The molecule has 0 fully saturated rings. The molecular formula is C17H17N3O4. The molecule has 0 bridgehead atoms. The van der Waals surface area contributed by atoms with Gasteiger partial charge >= 0.3 is 0 Å². The Morgan fingerprint density at radius 3 is 2.79 bits per heavy atom. The number of carbonyl (C=O) groups is 2.